The average Bonchev–Trinajstić information content (AvgIpc) is 3.41. The molecule has 0 saturated heterocycles. The first-order valence-electron chi connectivity index (χ1n) is 10.4. The summed E-state index contributed by atoms with van der Waals surface area (Å²) in [5.74, 6) is -0.814. The summed E-state index contributed by atoms with van der Waals surface area (Å²) < 4.78 is 7.14. The molecule has 3 aromatic rings. The highest BCUT2D eigenvalue weighted by molar-refractivity contribution is 6.04. The number of hydrogen-bond donors (Lipinski definition) is 1. The van der Waals surface area contributed by atoms with Gasteiger partial charge >= 0.3 is 5.97 Å². The monoisotopic (exact) mass is 406 g/mol. The second kappa shape index (κ2) is 8.65. The molecule has 1 N–H and O–H groups in total. The van der Waals surface area contributed by atoms with Crippen LogP contribution in [-0.4, -0.2) is 39.3 Å². The molecule has 0 radical (unpaired) electrons. The first-order valence-corrected chi connectivity index (χ1v) is 10.4. The number of benzene rings is 1. The molecule has 1 amide bonds. The number of nitrogens with one attached hydrogen (secondary N) is 1. The lowest BCUT2D eigenvalue weighted by Gasteiger charge is -2.13. The van der Waals surface area contributed by atoms with Crippen molar-refractivity contribution < 1.29 is 14.3 Å². The van der Waals surface area contributed by atoms with Gasteiger partial charge in [0.2, 0.25) is 0 Å². The van der Waals surface area contributed by atoms with Gasteiger partial charge in [0, 0.05) is 17.6 Å². The molecule has 1 aliphatic carbocycles. The molecule has 7 heteroatoms. The number of rotatable bonds is 6. The van der Waals surface area contributed by atoms with Gasteiger partial charge in [0.05, 0.1) is 22.8 Å². The Bertz CT molecular complexity index is 1050. The Kier molecular flexibility index (Phi) is 5.79. The molecule has 1 fully saturated rings. The van der Waals surface area contributed by atoms with Gasteiger partial charge in [0.1, 0.15) is 0 Å². The van der Waals surface area contributed by atoms with Gasteiger partial charge < -0.3 is 10.1 Å². The smallest absolute Gasteiger partial charge is 0.339 e. The molecule has 1 saturated carbocycles. The van der Waals surface area contributed by atoms with E-state index in [1.165, 1.54) is 0 Å². The third-order valence-corrected chi connectivity index (χ3v) is 5.40. The van der Waals surface area contributed by atoms with Crippen molar-refractivity contribution in [2.24, 2.45) is 0 Å². The van der Waals surface area contributed by atoms with Crippen LogP contribution < -0.4 is 5.32 Å². The quantitative estimate of drug-likeness (QED) is 0.628. The van der Waals surface area contributed by atoms with Crippen molar-refractivity contribution in [1.29, 1.82) is 0 Å². The molecule has 0 atom stereocenters. The zero-order valence-corrected chi connectivity index (χ0v) is 17.3. The van der Waals surface area contributed by atoms with Gasteiger partial charge in [-0.25, -0.2) is 14.5 Å². The fourth-order valence-corrected chi connectivity index (χ4v) is 3.87. The molecule has 0 unspecified atom stereocenters. The summed E-state index contributed by atoms with van der Waals surface area (Å²) in [4.78, 5) is 29.8. The summed E-state index contributed by atoms with van der Waals surface area (Å²) in [5, 5.41) is 7.95. The van der Waals surface area contributed by atoms with Crippen molar-refractivity contribution in [3.05, 3.63) is 48.2 Å². The van der Waals surface area contributed by atoms with Crippen molar-refractivity contribution in [2.45, 2.75) is 51.6 Å². The standard InChI is InChI=1S/C23H26N4O3/c1-15(2)27-22-19(13-24-27)18(12-20(26-22)16-8-4-3-5-9-16)23(29)30-14-21(28)25-17-10-6-7-11-17/h3-5,8-9,12-13,15,17H,6-7,10-11,14H2,1-2H3,(H,25,28). The van der Waals surface area contributed by atoms with Crippen molar-refractivity contribution in [3.63, 3.8) is 0 Å². The maximum absolute atomic E-state index is 12.9. The van der Waals surface area contributed by atoms with Crippen LogP contribution in [0.1, 0.15) is 55.9 Å². The number of carbonyl (C=O) groups excluding carboxylic acids is 2. The number of ether oxygens (including phenoxy) is 1. The van der Waals surface area contributed by atoms with Crippen LogP contribution in [0.2, 0.25) is 0 Å². The molecule has 0 spiro atoms. The molecule has 30 heavy (non-hydrogen) atoms. The van der Waals surface area contributed by atoms with Crippen molar-refractivity contribution in [2.75, 3.05) is 6.61 Å². The molecule has 4 rings (SSSR count). The second-order valence-electron chi connectivity index (χ2n) is 7.97. The highest BCUT2D eigenvalue weighted by atomic mass is 16.5. The molecule has 0 aliphatic heterocycles. The summed E-state index contributed by atoms with van der Waals surface area (Å²) in [6.45, 7) is 3.72. The van der Waals surface area contributed by atoms with Gasteiger partial charge in [0.25, 0.3) is 5.91 Å². The number of hydrogen-bond acceptors (Lipinski definition) is 5. The molecule has 2 heterocycles. The summed E-state index contributed by atoms with van der Waals surface area (Å²) in [6, 6.07) is 11.6. The average molecular weight is 406 g/mol. The second-order valence-corrected chi connectivity index (χ2v) is 7.97. The van der Waals surface area contributed by atoms with Gasteiger partial charge in [-0.05, 0) is 32.8 Å². The number of esters is 1. The van der Waals surface area contributed by atoms with E-state index in [9.17, 15) is 9.59 Å². The normalized spacial score (nSPS) is 14.4. The predicted molar refractivity (Wildman–Crippen MR) is 114 cm³/mol. The first-order chi connectivity index (χ1) is 14.5. The van der Waals surface area contributed by atoms with Crippen molar-refractivity contribution in [3.8, 4) is 11.3 Å². The van der Waals surface area contributed by atoms with Crippen LogP contribution >= 0.6 is 0 Å². The van der Waals surface area contributed by atoms with E-state index in [4.69, 9.17) is 9.72 Å². The third-order valence-electron chi connectivity index (χ3n) is 5.40. The highest BCUT2D eigenvalue weighted by Crippen LogP contribution is 2.27. The molecule has 1 aliphatic rings. The molecule has 156 valence electrons. The molecular weight excluding hydrogens is 380 g/mol. The zero-order valence-electron chi connectivity index (χ0n) is 17.3. The number of aromatic nitrogens is 3. The van der Waals surface area contributed by atoms with Gasteiger partial charge in [-0.1, -0.05) is 43.2 Å². The van der Waals surface area contributed by atoms with Crippen LogP contribution in [0.15, 0.2) is 42.6 Å². The lowest BCUT2D eigenvalue weighted by Crippen LogP contribution is -2.35. The van der Waals surface area contributed by atoms with Crippen LogP contribution in [0.4, 0.5) is 0 Å². The zero-order chi connectivity index (χ0) is 21.1. The van der Waals surface area contributed by atoms with Gasteiger partial charge in [-0.3, -0.25) is 4.79 Å². The maximum Gasteiger partial charge on any atom is 0.339 e. The number of carbonyl (C=O) groups is 2. The Hall–Kier alpha value is -3.22. The van der Waals surface area contributed by atoms with Gasteiger partial charge in [-0.15, -0.1) is 0 Å². The van der Waals surface area contributed by atoms with E-state index in [1.807, 2.05) is 44.2 Å². The van der Waals surface area contributed by atoms with E-state index in [0.29, 0.717) is 22.3 Å². The van der Waals surface area contributed by atoms with E-state index in [2.05, 4.69) is 10.4 Å². The Morgan fingerprint density at radius 3 is 2.63 bits per heavy atom. The molecule has 2 aromatic heterocycles. The lowest BCUT2D eigenvalue weighted by molar-refractivity contribution is -0.124. The van der Waals surface area contributed by atoms with Crippen LogP contribution in [0.25, 0.3) is 22.3 Å². The van der Waals surface area contributed by atoms with Crippen LogP contribution in [0.5, 0.6) is 0 Å². The maximum atomic E-state index is 12.9. The van der Waals surface area contributed by atoms with Crippen LogP contribution in [0.3, 0.4) is 0 Å². The summed E-state index contributed by atoms with van der Waals surface area (Å²) in [6.07, 6.45) is 5.86. The number of pyridine rings is 1. The van der Waals surface area contributed by atoms with E-state index in [-0.39, 0.29) is 24.6 Å². The summed E-state index contributed by atoms with van der Waals surface area (Å²) in [5.41, 5.74) is 2.53. The van der Waals surface area contributed by atoms with Gasteiger partial charge in [-0.2, -0.15) is 5.10 Å². The van der Waals surface area contributed by atoms with E-state index >= 15 is 0 Å². The largest absolute Gasteiger partial charge is 0.452 e. The Balaban J connectivity index is 1.61. The van der Waals surface area contributed by atoms with E-state index in [0.717, 1.165) is 31.2 Å². The summed E-state index contributed by atoms with van der Waals surface area (Å²) >= 11 is 0. The Morgan fingerprint density at radius 2 is 1.93 bits per heavy atom. The molecular formula is C23H26N4O3. The van der Waals surface area contributed by atoms with E-state index in [1.54, 1.807) is 16.9 Å². The van der Waals surface area contributed by atoms with Crippen molar-refractivity contribution >= 4 is 22.9 Å². The van der Waals surface area contributed by atoms with Crippen LogP contribution in [0, 0.1) is 0 Å². The molecule has 0 bridgehead atoms. The molecule has 1 aromatic carbocycles. The molecule has 7 nitrogen and oxygen atoms in total. The first kappa shape index (κ1) is 20.1. The fraction of sp³-hybridized carbons (Fsp3) is 0.391. The number of fused-ring (bicyclic) bond motifs is 1. The van der Waals surface area contributed by atoms with Gasteiger partial charge in [0.15, 0.2) is 12.3 Å². The fourth-order valence-electron chi connectivity index (χ4n) is 3.87. The van der Waals surface area contributed by atoms with Crippen molar-refractivity contribution in [1.82, 2.24) is 20.1 Å². The Morgan fingerprint density at radius 1 is 1.20 bits per heavy atom. The summed E-state index contributed by atoms with van der Waals surface area (Å²) in [7, 11) is 0. The predicted octanol–water partition coefficient (Wildman–Crippen LogP) is 3.89. The van der Waals surface area contributed by atoms with Crippen LogP contribution in [-0.2, 0) is 9.53 Å². The minimum Gasteiger partial charge on any atom is -0.452 e. The minimum atomic E-state index is -0.551. The lowest BCUT2D eigenvalue weighted by atomic mass is 10.1. The topological polar surface area (TPSA) is 86.1 Å². The highest BCUT2D eigenvalue weighted by Gasteiger charge is 2.21. The SMILES string of the molecule is CC(C)n1ncc2c(C(=O)OCC(=O)NC3CCCC3)cc(-c3ccccc3)nc21. The number of nitrogens with zero attached hydrogens (tertiary/aromatic N) is 3. The Labute approximate surface area is 175 Å². The minimum absolute atomic E-state index is 0.0853. The van der Waals surface area contributed by atoms with E-state index < -0.39 is 5.97 Å². The number of amides is 1. The third kappa shape index (κ3) is 4.20.